The van der Waals surface area contributed by atoms with Gasteiger partial charge in [-0.2, -0.15) is 4.90 Å². The van der Waals surface area contributed by atoms with E-state index >= 15 is 0 Å². The number of carbonyl (C=O) groups excluding carboxylic acids is 2. The lowest BCUT2D eigenvalue weighted by molar-refractivity contribution is 0.177. The van der Waals surface area contributed by atoms with Crippen LogP contribution in [0.1, 0.15) is 18.4 Å². The molecule has 1 aromatic heterocycles. The molecule has 0 spiro atoms. The van der Waals surface area contributed by atoms with Crippen LogP contribution in [0.25, 0.3) is 5.70 Å². The van der Waals surface area contributed by atoms with E-state index in [9.17, 15) is 9.59 Å². The molecular weight excluding hydrogens is 348 g/mol. The number of nitrogens with two attached hydrogens (primary N) is 1. The third-order valence-electron chi connectivity index (χ3n) is 4.53. The highest BCUT2D eigenvalue weighted by molar-refractivity contribution is 6.24. The average molecular weight is 370 g/mol. The maximum Gasteiger partial charge on any atom is 0.338 e. The molecule has 2 N–H and O–H groups in total. The summed E-state index contributed by atoms with van der Waals surface area (Å²) >= 11 is 0. The maximum absolute atomic E-state index is 12.9. The molecule has 0 unspecified atom stereocenters. The normalized spacial score (nSPS) is 20.1. The van der Waals surface area contributed by atoms with Gasteiger partial charge in [-0.3, -0.25) is 4.90 Å². The summed E-state index contributed by atoms with van der Waals surface area (Å²) < 4.78 is 5.04. The zero-order chi connectivity index (χ0) is 19.6. The molecule has 142 valence electrons. The van der Waals surface area contributed by atoms with Crippen molar-refractivity contribution in [3.63, 3.8) is 0 Å². The van der Waals surface area contributed by atoms with Gasteiger partial charge in [0, 0.05) is 44.2 Å². The molecule has 9 nitrogen and oxygen atoms in total. The van der Waals surface area contributed by atoms with E-state index in [1.54, 1.807) is 30.3 Å². The Hall–Kier alpha value is -3.36. The first-order valence-corrected chi connectivity index (χ1v) is 8.55. The van der Waals surface area contributed by atoms with Crippen molar-refractivity contribution in [2.24, 2.45) is 10.7 Å². The van der Waals surface area contributed by atoms with Crippen LogP contribution in [0.15, 0.2) is 41.8 Å². The SMILES string of the molecule is C=C(/N=C1\C(=C/N)N(C)C(=O)N1C(=O)N1CCCC1)c1ccc(OC)nc1. The number of imide groups is 1. The molecule has 0 atom stereocenters. The van der Waals surface area contributed by atoms with Crippen molar-refractivity contribution in [2.75, 3.05) is 27.2 Å². The zero-order valence-electron chi connectivity index (χ0n) is 15.4. The van der Waals surface area contributed by atoms with Gasteiger partial charge < -0.3 is 15.4 Å². The van der Waals surface area contributed by atoms with Gasteiger partial charge in [0.2, 0.25) is 5.88 Å². The number of likely N-dealkylation sites (tertiary alicyclic amines) is 1. The number of hydrogen-bond donors (Lipinski definition) is 1. The molecule has 0 bridgehead atoms. The molecule has 0 aliphatic carbocycles. The molecule has 27 heavy (non-hydrogen) atoms. The van der Waals surface area contributed by atoms with E-state index in [-0.39, 0.29) is 5.84 Å². The van der Waals surface area contributed by atoms with Crippen molar-refractivity contribution >= 4 is 23.6 Å². The van der Waals surface area contributed by atoms with Crippen molar-refractivity contribution in [3.8, 4) is 5.88 Å². The number of carbonyl (C=O) groups is 2. The predicted molar refractivity (Wildman–Crippen MR) is 101 cm³/mol. The highest BCUT2D eigenvalue weighted by atomic mass is 16.5. The van der Waals surface area contributed by atoms with Crippen molar-refractivity contribution < 1.29 is 14.3 Å². The monoisotopic (exact) mass is 370 g/mol. The molecule has 3 heterocycles. The van der Waals surface area contributed by atoms with Crippen LogP contribution in [0.5, 0.6) is 5.88 Å². The van der Waals surface area contributed by atoms with Crippen LogP contribution in [0.4, 0.5) is 9.59 Å². The molecule has 2 aliphatic heterocycles. The van der Waals surface area contributed by atoms with E-state index in [0.717, 1.165) is 17.7 Å². The summed E-state index contributed by atoms with van der Waals surface area (Å²) in [5.74, 6) is 0.617. The number of likely N-dealkylation sites (N-methyl/N-ethyl adjacent to an activating group) is 1. The van der Waals surface area contributed by atoms with Crippen LogP contribution >= 0.6 is 0 Å². The third-order valence-corrected chi connectivity index (χ3v) is 4.53. The fraction of sp³-hybridized carbons (Fsp3) is 0.333. The van der Waals surface area contributed by atoms with Gasteiger partial charge in [-0.1, -0.05) is 6.58 Å². The highest BCUT2D eigenvalue weighted by Crippen LogP contribution is 2.26. The number of rotatable bonds is 3. The predicted octanol–water partition coefficient (Wildman–Crippen LogP) is 1.84. The third kappa shape index (κ3) is 3.35. The Kier molecular flexibility index (Phi) is 5.11. The molecule has 2 saturated heterocycles. The van der Waals surface area contributed by atoms with E-state index in [0.29, 0.717) is 35.9 Å². The summed E-state index contributed by atoms with van der Waals surface area (Å²) in [6.45, 7) is 5.17. The number of pyridine rings is 1. The quantitative estimate of drug-likeness (QED) is 0.874. The number of urea groups is 2. The summed E-state index contributed by atoms with van der Waals surface area (Å²) in [6, 6.07) is 2.53. The molecule has 0 saturated carbocycles. The van der Waals surface area contributed by atoms with Gasteiger partial charge in [0.1, 0.15) is 5.70 Å². The number of aromatic nitrogens is 1. The van der Waals surface area contributed by atoms with Crippen LogP contribution in [0, 0.1) is 0 Å². The van der Waals surface area contributed by atoms with Crippen LogP contribution < -0.4 is 10.5 Å². The molecular formula is C18H22N6O3. The van der Waals surface area contributed by atoms with Crippen LogP contribution in [0.2, 0.25) is 0 Å². The second-order valence-corrected chi connectivity index (χ2v) is 6.18. The molecule has 9 heteroatoms. The van der Waals surface area contributed by atoms with E-state index in [4.69, 9.17) is 10.5 Å². The van der Waals surface area contributed by atoms with Crippen molar-refractivity contribution in [2.45, 2.75) is 12.8 Å². The second kappa shape index (κ2) is 7.48. The topological polar surface area (TPSA) is 104 Å². The smallest absolute Gasteiger partial charge is 0.338 e. The standard InChI is InChI=1S/C18H22N6O3/c1-12(13-6-7-15(27-3)20-11-13)21-16-14(10-19)22(2)17(25)24(16)18(26)23-8-4-5-9-23/h6-7,10-11H,1,4-5,8-9,19H2,2-3H3/b14-10+,21-16+. The molecule has 1 aromatic rings. The molecule has 2 fully saturated rings. The van der Waals surface area contributed by atoms with E-state index in [2.05, 4.69) is 16.6 Å². The number of nitrogens with zero attached hydrogens (tertiary/aromatic N) is 5. The Balaban J connectivity index is 1.96. The first kappa shape index (κ1) is 18.4. The van der Waals surface area contributed by atoms with Gasteiger partial charge in [-0.15, -0.1) is 0 Å². The summed E-state index contributed by atoms with van der Waals surface area (Å²) in [4.78, 5) is 38.1. The van der Waals surface area contributed by atoms with Crippen molar-refractivity contribution in [3.05, 3.63) is 42.4 Å². The lowest BCUT2D eigenvalue weighted by Gasteiger charge is -2.21. The summed E-state index contributed by atoms with van der Waals surface area (Å²) in [5.41, 5.74) is 7.02. The van der Waals surface area contributed by atoms with Crippen LogP contribution in [0.3, 0.4) is 0 Å². The van der Waals surface area contributed by atoms with Gasteiger partial charge in [0.25, 0.3) is 0 Å². The van der Waals surface area contributed by atoms with E-state index in [1.165, 1.54) is 18.2 Å². The van der Waals surface area contributed by atoms with E-state index in [1.807, 2.05) is 0 Å². The molecule has 0 radical (unpaired) electrons. The average Bonchev–Trinajstić information content (AvgIpc) is 3.29. The summed E-state index contributed by atoms with van der Waals surface area (Å²) in [5, 5.41) is 0. The maximum atomic E-state index is 12.9. The minimum Gasteiger partial charge on any atom is -0.481 e. The summed E-state index contributed by atoms with van der Waals surface area (Å²) in [6.07, 6.45) is 4.65. The second-order valence-electron chi connectivity index (χ2n) is 6.18. The number of ether oxygens (including phenoxy) is 1. The number of methoxy groups -OCH3 is 1. The Labute approximate surface area is 157 Å². The Bertz CT molecular complexity index is 824. The van der Waals surface area contributed by atoms with Crippen LogP contribution in [-0.4, -0.2) is 64.8 Å². The van der Waals surface area contributed by atoms with Gasteiger partial charge in [-0.05, 0) is 18.9 Å². The molecule has 4 amide bonds. The Morgan fingerprint density at radius 2 is 2.07 bits per heavy atom. The van der Waals surface area contributed by atoms with Crippen molar-refractivity contribution in [1.82, 2.24) is 19.7 Å². The largest absolute Gasteiger partial charge is 0.481 e. The minimum atomic E-state index is -0.497. The number of hydrogen-bond acceptors (Lipinski definition) is 6. The Morgan fingerprint density at radius 1 is 1.37 bits per heavy atom. The van der Waals surface area contributed by atoms with Gasteiger partial charge in [0.15, 0.2) is 5.84 Å². The fourth-order valence-corrected chi connectivity index (χ4v) is 2.99. The molecule has 0 aromatic carbocycles. The lowest BCUT2D eigenvalue weighted by Crippen LogP contribution is -2.45. The zero-order valence-corrected chi connectivity index (χ0v) is 15.4. The molecule has 2 aliphatic rings. The van der Waals surface area contributed by atoms with Crippen LogP contribution in [-0.2, 0) is 0 Å². The van der Waals surface area contributed by atoms with Gasteiger partial charge >= 0.3 is 12.1 Å². The minimum absolute atomic E-state index is 0.155. The number of aliphatic imine (C=N–C) groups is 1. The number of amides is 4. The van der Waals surface area contributed by atoms with Gasteiger partial charge in [-0.25, -0.2) is 19.6 Å². The van der Waals surface area contributed by atoms with Crippen molar-refractivity contribution in [1.29, 1.82) is 0 Å². The van der Waals surface area contributed by atoms with E-state index < -0.39 is 12.1 Å². The Morgan fingerprint density at radius 3 is 2.63 bits per heavy atom. The first-order chi connectivity index (χ1) is 13.0. The molecule has 3 rings (SSSR count). The fourth-order valence-electron chi connectivity index (χ4n) is 2.99. The summed E-state index contributed by atoms with van der Waals surface area (Å²) in [7, 11) is 3.07. The first-order valence-electron chi connectivity index (χ1n) is 8.55. The lowest BCUT2D eigenvalue weighted by atomic mass is 10.2. The highest BCUT2D eigenvalue weighted by Gasteiger charge is 2.43. The van der Waals surface area contributed by atoms with Gasteiger partial charge in [0.05, 0.1) is 12.8 Å². The number of amidine groups is 1.